The Morgan fingerprint density at radius 1 is 1.50 bits per heavy atom. The van der Waals surface area contributed by atoms with Crippen molar-refractivity contribution in [3.05, 3.63) is 29.7 Å². The maximum absolute atomic E-state index is 5.61. The number of thioether (sulfide) groups is 1. The van der Waals surface area contributed by atoms with Crippen LogP contribution in [-0.4, -0.2) is 26.1 Å². The van der Waals surface area contributed by atoms with E-state index in [2.05, 4.69) is 14.6 Å². The molecule has 2 N–H and O–H groups in total. The van der Waals surface area contributed by atoms with Crippen LogP contribution in [0.1, 0.15) is 23.7 Å². The Kier molecular flexibility index (Phi) is 2.57. The number of hydrogen-bond donors (Lipinski definition) is 1. The van der Waals surface area contributed by atoms with E-state index >= 15 is 0 Å². The van der Waals surface area contributed by atoms with Crippen LogP contribution < -0.4 is 5.73 Å². The van der Waals surface area contributed by atoms with Crippen LogP contribution in [0.2, 0.25) is 0 Å². The topological polar surface area (TPSA) is 56.2 Å². The molecule has 16 heavy (non-hydrogen) atoms. The van der Waals surface area contributed by atoms with Gasteiger partial charge in [0.2, 0.25) is 0 Å². The van der Waals surface area contributed by atoms with Gasteiger partial charge >= 0.3 is 0 Å². The summed E-state index contributed by atoms with van der Waals surface area (Å²) in [6.07, 6.45) is 3.25. The number of hydrogen-bond acceptors (Lipinski definition) is 4. The molecule has 0 radical (unpaired) electrons. The lowest BCUT2D eigenvalue weighted by atomic mass is 10.1. The Balaban J connectivity index is 2.06. The van der Waals surface area contributed by atoms with Gasteiger partial charge in [0.25, 0.3) is 0 Å². The van der Waals surface area contributed by atoms with E-state index < -0.39 is 0 Å². The maximum Gasteiger partial charge on any atom is 0.161 e. The summed E-state index contributed by atoms with van der Waals surface area (Å²) in [4.78, 5) is 0. The third-order valence-electron chi connectivity index (χ3n) is 3.03. The van der Waals surface area contributed by atoms with Crippen molar-refractivity contribution in [2.75, 3.05) is 11.5 Å². The number of fused-ring (bicyclic) bond motifs is 1. The minimum atomic E-state index is 0.554. The van der Waals surface area contributed by atoms with Crippen molar-refractivity contribution in [1.29, 1.82) is 0 Å². The van der Waals surface area contributed by atoms with Gasteiger partial charge in [-0.3, -0.25) is 4.40 Å². The predicted octanol–water partition coefficient (Wildman–Crippen LogP) is 1.41. The molecule has 3 heterocycles. The second-order valence-electron chi connectivity index (χ2n) is 4.09. The Morgan fingerprint density at radius 2 is 2.44 bits per heavy atom. The first-order chi connectivity index (χ1) is 7.88. The van der Waals surface area contributed by atoms with Gasteiger partial charge in [0.15, 0.2) is 5.65 Å². The molecular weight excluding hydrogens is 220 g/mol. The molecule has 4 nitrogen and oxygen atoms in total. The molecule has 0 saturated carbocycles. The van der Waals surface area contributed by atoms with Gasteiger partial charge in [0.1, 0.15) is 5.82 Å². The first kappa shape index (κ1) is 10.1. The van der Waals surface area contributed by atoms with E-state index in [1.54, 1.807) is 0 Å². The van der Waals surface area contributed by atoms with Gasteiger partial charge in [0, 0.05) is 24.4 Å². The molecule has 84 valence electrons. The van der Waals surface area contributed by atoms with Crippen LogP contribution in [0.15, 0.2) is 18.3 Å². The quantitative estimate of drug-likeness (QED) is 0.853. The summed E-state index contributed by atoms with van der Waals surface area (Å²) in [6, 6.07) is 4.06. The smallest absolute Gasteiger partial charge is 0.161 e. The highest BCUT2D eigenvalue weighted by Crippen LogP contribution is 2.31. The van der Waals surface area contributed by atoms with Crippen molar-refractivity contribution in [2.24, 2.45) is 5.73 Å². The highest BCUT2D eigenvalue weighted by molar-refractivity contribution is 7.99. The molecule has 0 aromatic carbocycles. The summed E-state index contributed by atoms with van der Waals surface area (Å²) in [6.45, 7) is 0.554. The SMILES string of the molecule is NCc1ccn2c(C3CCSC3)nnc2c1. The molecule has 2 aromatic rings. The normalized spacial score (nSPS) is 20.7. The Labute approximate surface area is 98.2 Å². The molecule has 0 spiro atoms. The van der Waals surface area contributed by atoms with Crippen LogP contribution in [0.5, 0.6) is 0 Å². The summed E-state index contributed by atoms with van der Waals surface area (Å²) in [5, 5.41) is 8.53. The van der Waals surface area contributed by atoms with E-state index in [-0.39, 0.29) is 0 Å². The van der Waals surface area contributed by atoms with Crippen molar-refractivity contribution < 1.29 is 0 Å². The van der Waals surface area contributed by atoms with E-state index in [0.717, 1.165) is 17.0 Å². The summed E-state index contributed by atoms with van der Waals surface area (Å²) >= 11 is 2.00. The number of pyridine rings is 1. The van der Waals surface area contributed by atoms with Gasteiger partial charge < -0.3 is 5.73 Å². The van der Waals surface area contributed by atoms with Crippen LogP contribution >= 0.6 is 11.8 Å². The lowest BCUT2D eigenvalue weighted by Crippen LogP contribution is -2.03. The van der Waals surface area contributed by atoms with Crippen molar-refractivity contribution in [1.82, 2.24) is 14.6 Å². The second-order valence-corrected chi connectivity index (χ2v) is 5.24. The number of rotatable bonds is 2. The van der Waals surface area contributed by atoms with E-state index in [1.165, 1.54) is 17.9 Å². The standard InChI is InChI=1S/C11H14N4S/c12-6-8-1-3-15-10(5-8)13-14-11(15)9-2-4-16-7-9/h1,3,5,9H,2,4,6-7,12H2. The lowest BCUT2D eigenvalue weighted by molar-refractivity contribution is 0.705. The van der Waals surface area contributed by atoms with Crippen molar-refractivity contribution in [3.8, 4) is 0 Å². The van der Waals surface area contributed by atoms with E-state index in [0.29, 0.717) is 12.5 Å². The zero-order valence-electron chi connectivity index (χ0n) is 8.97. The zero-order chi connectivity index (χ0) is 11.0. The molecule has 0 aliphatic carbocycles. The van der Waals surface area contributed by atoms with E-state index in [1.807, 2.05) is 30.1 Å². The maximum atomic E-state index is 5.61. The third-order valence-corrected chi connectivity index (χ3v) is 4.19. The average molecular weight is 234 g/mol. The van der Waals surface area contributed by atoms with Crippen LogP contribution in [0.3, 0.4) is 0 Å². The van der Waals surface area contributed by atoms with Crippen molar-refractivity contribution in [3.63, 3.8) is 0 Å². The van der Waals surface area contributed by atoms with Crippen LogP contribution in [0.4, 0.5) is 0 Å². The highest BCUT2D eigenvalue weighted by Gasteiger charge is 2.22. The first-order valence-corrected chi connectivity index (χ1v) is 6.65. The molecule has 0 amide bonds. The summed E-state index contributed by atoms with van der Waals surface area (Å²) in [7, 11) is 0. The fraction of sp³-hybridized carbons (Fsp3) is 0.455. The molecule has 1 aliphatic rings. The van der Waals surface area contributed by atoms with Gasteiger partial charge in [-0.05, 0) is 29.9 Å². The Hall–Kier alpha value is -1.07. The largest absolute Gasteiger partial charge is 0.326 e. The molecule has 5 heteroatoms. The van der Waals surface area contributed by atoms with Crippen molar-refractivity contribution >= 4 is 17.4 Å². The lowest BCUT2D eigenvalue weighted by Gasteiger charge is -2.06. The monoisotopic (exact) mass is 234 g/mol. The number of nitrogens with two attached hydrogens (primary N) is 1. The molecule has 1 fully saturated rings. The Bertz CT molecular complexity index is 502. The molecule has 1 aliphatic heterocycles. The van der Waals surface area contributed by atoms with E-state index in [4.69, 9.17) is 5.73 Å². The fourth-order valence-electron chi connectivity index (χ4n) is 2.09. The molecule has 1 saturated heterocycles. The van der Waals surface area contributed by atoms with E-state index in [9.17, 15) is 0 Å². The van der Waals surface area contributed by atoms with Gasteiger partial charge in [-0.2, -0.15) is 11.8 Å². The number of nitrogens with zero attached hydrogens (tertiary/aromatic N) is 3. The zero-order valence-corrected chi connectivity index (χ0v) is 9.78. The summed E-state index contributed by atoms with van der Waals surface area (Å²) < 4.78 is 2.09. The molecular formula is C11H14N4S. The van der Waals surface area contributed by atoms with Crippen LogP contribution in [0, 0.1) is 0 Å². The highest BCUT2D eigenvalue weighted by atomic mass is 32.2. The summed E-state index contributed by atoms with van der Waals surface area (Å²) in [5.74, 6) is 4.06. The second kappa shape index (κ2) is 4.07. The van der Waals surface area contributed by atoms with Crippen LogP contribution in [0.25, 0.3) is 5.65 Å². The minimum absolute atomic E-state index is 0.554. The molecule has 1 atom stereocenters. The average Bonchev–Trinajstić information content (AvgIpc) is 2.96. The van der Waals surface area contributed by atoms with Gasteiger partial charge in [-0.25, -0.2) is 0 Å². The minimum Gasteiger partial charge on any atom is -0.326 e. The number of aromatic nitrogens is 3. The van der Waals surface area contributed by atoms with Gasteiger partial charge in [-0.1, -0.05) is 0 Å². The molecule has 0 bridgehead atoms. The van der Waals surface area contributed by atoms with Gasteiger partial charge in [0.05, 0.1) is 0 Å². The summed E-state index contributed by atoms with van der Waals surface area (Å²) in [5.41, 5.74) is 7.62. The molecule has 2 aromatic heterocycles. The van der Waals surface area contributed by atoms with Crippen LogP contribution in [-0.2, 0) is 6.54 Å². The third kappa shape index (κ3) is 1.60. The Morgan fingerprint density at radius 3 is 3.19 bits per heavy atom. The fourth-order valence-corrected chi connectivity index (χ4v) is 3.31. The first-order valence-electron chi connectivity index (χ1n) is 5.50. The molecule has 1 unspecified atom stereocenters. The predicted molar refractivity (Wildman–Crippen MR) is 65.6 cm³/mol. The van der Waals surface area contributed by atoms with Crippen molar-refractivity contribution in [2.45, 2.75) is 18.9 Å². The van der Waals surface area contributed by atoms with Gasteiger partial charge in [-0.15, -0.1) is 10.2 Å². The molecule has 3 rings (SSSR count).